The molecule has 1 atom stereocenters. The number of rotatable bonds is 1. The summed E-state index contributed by atoms with van der Waals surface area (Å²) in [6.45, 7) is 6.85. The van der Waals surface area contributed by atoms with Crippen molar-refractivity contribution in [3.05, 3.63) is 0 Å². The maximum absolute atomic E-state index is 9.75. The third-order valence-corrected chi connectivity index (χ3v) is 6.34. The standard InChI is InChI=1S/C6H15S2.BF4/c1-6(2,3)8(5)7-4;2-1(3,4)5/h1-5H3;/q+1;-1. The summed E-state index contributed by atoms with van der Waals surface area (Å²) < 4.78 is 39.5. The second kappa shape index (κ2) is 6.06. The highest BCUT2D eigenvalue weighted by atomic mass is 33.1. The molecule has 0 radical (unpaired) electrons. The van der Waals surface area contributed by atoms with Gasteiger partial charge in [-0.15, -0.1) is 0 Å². The maximum Gasteiger partial charge on any atom is 0.673 e. The summed E-state index contributed by atoms with van der Waals surface area (Å²) >= 11 is 0. The first-order valence-electron chi connectivity index (χ1n) is 3.56. The Morgan fingerprint density at radius 2 is 1.31 bits per heavy atom. The van der Waals surface area contributed by atoms with Crippen molar-refractivity contribution in [2.75, 3.05) is 12.5 Å². The van der Waals surface area contributed by atoms with Gasteiger partial charge in [0.25, 0.3) is 0 Å². The van der Waals surface area contributed by atoms with Crippen LogP contribution in [0.15, 0.2) is 0 Å². The van der Waals surface area contributed by atoms with Crippen LogP contribution in [0.3, 0.4) is 0 Å². The van der Waals surface area contributed by atoms with Gasteiger partial charge in [-0.3, -0.25) is 0 Å². The Hall–Kier alpha value is 0.485. The number of halogens is 4. The predicted molar refractivity (Wildman–Crippen MR) is 56.7 cm³/mol. The molecule has 0 saturated carbocycles. The smallest absolute Gasteiger partial charge is 0.418 e. The van der Waals surface area contributed by atoms with E-state index in [1.165, 1.54) is 0 Å². The first kappa shape index (κ1) is 15.9. The molecular formula is C6H15BF4S2. The molecule has 0 saturated heterocycles. The second-order valence-corrected chi connectivity index (χ2v) is 8.19. The molecule has 0 bridgehead atoms. The van der Waals surface area contributed by atoms with Crippen molar-refractivity contribution in [3.63, 3.8) is 0 Å². The average Bonchev–Trinajstić information content (AvgIpc) is 1.80. The van der Waals surface area contributed by atoms with Crippen LogP contribution in [0.4, 0.5) is 17.3 Å². The molecule has 0 fully saturated rings. The molecule has 82 valence electrons. The molecule has 0 aliphatic rings. The molecule has 0 amide bonds. The van der Waals surface area contributed by atoms with E-state index < -0.39 is 7.25 Å². The normalized spacial score (nSPS) is 14.5. The van der Waals surface area contributed by atoms with E-state index in [1.54, 1.807) is 0 Å². The van der Waals surface area contributed by atoms with Gasteiger partial charge in [0.2, 0.25) is 0 Å². The molecule has 7 heteroatoms. The molecule has 0 aliphatic heterocycles. The highest BCUT2D eigenvalue weighted by molar-refractivity contribution is 8.74. The van der Waals surface area contributed by atoms with Gasteiger partial charge in [0, 0.05) is 6.26 Å². The van der Waals surface area contributed by atoms with E-state index in [-0.39, 0.29) is 0 Å². The lowest BCUT2D eigenvalue weighted by atomic mass is 10.3. The van der Waals surface area contributed by atoms with E-state index in [1.807, 2.05) is 10.8 Å². The van der Waals surface area contributed by atoms with E-state index in [0.717, 1.165) is 0 Å². The summed E-state index contributed by atoms with van der Waals surface area (Å²) in [6, 6.07) is 0. The Morgan fingerprint density at radius 3 is 1.31 bits per heavy atom. The lowest BCUT2D eigenvalue weighted by molar-refractivity contribution is 0.368. The molecule has 0 aromatic rings. The Balaban J connectivity index is 0. The minimum atomic E-state index is -6.00. The zero-order chi connectivity index (χ0) is 11.3. The van der Waals surface area contributed by atoms with Crippen LogP contribution in [0.1, 0.15) is 20.8 Å². The molecular weight excluding hydrogens is 223 g/mol. The third kappa shape index (κ3) is 19.1. The molecule has 1 unspecified atom stereocenters. The van der Waals surface area contributed by atoms with Crippen molar-refractivity contribution in [3.8, 4) is 0 Å². The minimum Gasteiger partial charge on any atom is -0.418 e. The summed E-state index contributed by atoms with van der Waals surface area (Å²) in [6.07, 6.45) is 4.47. The van der Waals surface area contributed by atoms with Crippen LogP contribution in [0, 0.1) is 0 Å². The second-order valence-electron chi connectivity index (χ2n) is 3.23. The Bertz CT molecular complexity index is 126. The van der Waals surface area contributed by atoms with E-state index in [2.05, 4.69) is 33.3 Å². The fourth-order valence-electron chi connectivity index (χ4n) is 0.250. The fourth-order valence-corrected chi connectivity index (χ4v) is 2.25. The zero-order valence-corrected chi connectivity index (χ0v) is 10.0. The fraction of sp³-hybridized carbons (Fsp3) is 1.00. The number of hydrogen-bond acceptors (Lipinski definition) is 1. The Labute approximate surface area is 83.7 Å². The first-order chi connectivity index (χ1) is 5.48. The minimum absolute atomic E-state index is 0.499. The SMILES string of the molecule is CS[S+](C)C(C)(C)C.F[B-](F)(F)F. The van der Waals surface area contributed by atoms with Crippen LogP contribution in [-0.4, -0.2) is 24.5 Å². The van der Waals surface area contributed by atoms with Crippen molar-refractivity contribution >= 4 is 28.0 Å². The van der Waals surface area contributed by atoms with Gasteiger partial charge in [0.1, 0.15) is 11.0 Å². The van der Waals surface area contributed by atoms with Crippen molar-refractivity contribution in [2.45, 2.75) is 25.5 Å². The van der Waals surface area contributed by atoms with Gasteiger partial charge in [-0.2, -0.15) is 0 Å². The van der Waals surface area contributed by atoms with Gasteiger partial charge in [-0.05, 0) is 20.8 Å². The topological polar surface area (TPSA) is 0 Å². The van der Waals surface area contributed by atoms with Crippen molar-refractivity contribution in [1.29, 1.82) is 0 Å². The van der Waals surface area contributed by atoms with Crippen molar-refractivity contribution < 1.29 is 17.3 Å². The largest absolute Gasteiger partial charge is 0.673 e. The van der Waals surface area contributed by atoms with E-state index in [0.29, 0.717) is 14.7 Å². The molecule has 13 heavy (non-hydrogen) atoms. The molecule has 0 heterocycles. The molecule has 0 N–H and O–H groups in total. The van der Waals surface area contributed by atoms with Gasteiger partial charge < -0.3 is 17.3 Å². The summed E-state index contributed by atoms with van der Waals surface area (Å²) in [5.41, 5.74) is 0. The summed E-state index contributed by atoms with van der Waals surface area (Å²) in [7, 11) is -3.52. The quantitative estimate of drug-likeness (QED) is 0.291. The van der Waals surface area contributed by atoms with Crippen molar-refractivity contribution in [2.24, 2.45) is 0 Å². The van der Waals surface area contributed by atoms with Gasteiger partial charge in [0.15, 0.2) is 0 Å². The van der Waals surface area contributed by atoms with Crippen LogP contribution < -0.4 is 0 Å². The molecule has 0 aromatic heterocycles. The summed E-state index contributed by atoms with van der Waals surface area (Å²) in [5, 5.41) is 0. The third-order valence-electron chi connectivity index (χ3n) is 1.11. The predicted octanol–water partition coefficient (Wildman–Crippen LogP) is 3.61. The van der Waals surface area contributed by atoms with E-state index >= 15 is 0 Å². The zero-order valence-electron chi connectivity index (χ0n) is 8.41. The van der Waals surface area contributed by atoms with Crippen LogP contribution >= 0.6 is 10.8 Å². The highest BCUT2D eigenvalue weighted by Crippen LogP contribution is 2.24. The lowest BCUT2D eigenvalue weighted by Gasteiger charge is -2.13. The Kier molecular flexibility index (Phi) is 7.43. The van der Waals surface area contributed by atoms with E-state index in [4.69, 9.17) is 0 Å². The first-order valence-corrected chi connectivity index (χ1v) is 6.93. The molecule has 0 nitrogen and oxygen atoms in total. The van der Waals surface area contributed by atoms with Crippen LogP contribution in [0.25, 0.3) is 0 Å². The van der Waals surface area contributed by atoms with Crippen LogP contribution in [0.2, 0.25) is 0 Å². The van der Waals surface area contributed by atoms with Gasteiger partial charge in [-0.25, -0.2) is 0 Å². The molecule has 0 rings (SSSR count). The van der Waals surface area contributed by atoms with Crippen molar-refractivity contribution in [1.82, 2.24) is 0 Å². The van der Waals surface area contributed by atoms with Gasteiger partial charge in [-0.1, -0.05) is 0 Å². The lowest BCUT2D eigenvalue weighted by Crippen LogP contribution is -2.23. The Morgan fingerprint density at radius 1 is 1.08 bits per heavy atom. The van der Waals surface area contributed by atoms with Crippen LogP contribution in [0.5, 0.6) is 0 Å². The highest BCUT2D eigenvalue weighted by Gasteiger charge is 2.28. The molecule has 0 spiro atoms. The van der Waals surface area contributed by atoms with E-state index in [9.17, 15) is 17.3 Å². The average molecular weight is 238 g/mol. The molecule has 0 aromatic carbocycles. The van der Waals surface area contributed by atoms with Gasteiger partial charge in [0.05, 0.1) is 20.7 Å². The number of hydrogen-bond donors (Lipinski definition) is 0. The monoisotopic (exact) mass is 238 g/mol. The summed E-state index contributed by atoms with van der Waals surface area (Å²) in [5.74, 6) is 0. The van der Waals surface area contributed by atoms with Crippen LogP contribution in [-0.2, 0) is 9.93 Å². The van der Waals surface area contributed by atoms with Gasteiger partial charge >= 0.3 is 7.25 Å². The summed E-state index contributed by atoms with van der Waals surface area (Å²) in [4.78, 5) is 0. The molecule has 0 aliphatic carbocycles. The maximum atomic E-state index is 9.75.